The first-order chi connectivity index (χ1) is 9.76. The van der Waals surface area contributed by atoms with Crippen molar-refractivity contribution < 1.29 is 4.74 Å². The Morgan fingerprint density at radius 3 is 2.75 bits per heavy atom. The number of fused-ring (bicyclic) bond motifs is 1. The minimum absolute atomic E-state index is 0.558. The van der Waals surface area contributed by atoms with E-state index in [1.54, 1.807) is 23.4 Å². The van der Waals surface area contributed by atoms with Crippen molar-refractivity contribution >= 4 is 17.5 Å². The van der Waals surface area contributed by atoms with Gasteiger partial charge < -0.3 is 4.74 Å². The highest BCUT2D eigenvalue weighted by Gasteiger charge is 2.09. The van der Waals surface area contributed by atoms with Crippen LogP contribution in [0.15, 0.2) is 41.7 Å². The summed E-state index contributed by atoms with van der Waals surface area (Å²) < 4.78 is 6.88. The molecule has 0 aliphatic carbocycles. The van der Waals surface area contributed by atoms with Gasteiger partial charge in [-0.1, -0.05) is 42.1 Å². The van der Waals surface area contributed by atoms with Gasteiger partial charge in [0.15, 0.2) is 0 Å². The van der Waals surface area contributed by atoms with E-state index in [-0.39, 0.29) is 0 Å². The molecule has 102 valence electrons. The lowest BCUT2D eigenvalue weighted by Crippen LogP contribution is -1.97. The van der Waals surface area contributed by atoms with Gasteiger partial charge in [-0.25, -0.2) is 4.52 Å². The quantitative estimate of drug-likeness (QED) is 0.690. The Morgan fingerprint density at radius 2 is 2.00 bits per heavy atom. The first-order valence-corrected chi connectivity index (χ1v) is 7.19. The highest BCUT2D eigenvalue weighted by Crippen LogP contribution is 2.21. The van der Waals surface area contributed by atoms with E-state index in [2.05, 4.69) is 27.2 Å². The Labute approximate surface area is 121 Å². The Hall–Kier alpha value is -2.08. The molecule has 0 N–H and O–H groups in total. The third-order valence-electron chi connectivity index (χ3n) is 2.85. The summed E-state index contributed by atoms with van der Waals surface area (Å²) in [5, 5.41) is 5.13. The highest BCUT2D eigenvalue weighted by molar-refractivity contribution is 7.98. The van der Waals surface area contributed by atoms with Crippen LogP contribution >= 0.6 is 11.8 Å². The second-order valence-corrected chi connectivity index (χ2v) is 5.29. The molecule has 0 saturated heterocycles. The maximum absolute atomic E-state index is 5.19. The molecule has 0 amide bonds. The summed E-state index contributed by atoms with van der Waals surface area (Å²) in [4.78, 5) is 8.72. The molecule has 1 aromatic carbocycles. The summed E-state index contributed by atoms with van der Waals surface area (Å²) in [5.41, 5.74) is 2.18. The highest BCUT2D eigenvalue weighted by atomic mass is 32.2. The smallest absolute Gasteiger partial charge is 0.256 e. The molecule has 0 unspecified atom stereocenters. The number of ether oxygens (including phenoxy) is 1. The van der Waals surface area contributed by atoms with Gasteiger partial charge in [0.25, 0.3) is 5.78 Å². The lowest BCUT2D eigenvalue weighted by atomic mass is 10.2. The van der Waals surface area contributed by atoms with Gasteiger partial charge in [0, 0.05) is 17.5 Å². The van der Waals surface area contributed by atoms with Crippen molar-refractivity contribution in [2.45, 2.75) is 17.8 Å². The van der Waals surface area contributed by atoms with Crippen molar-refractivity contribution in [3.05, 3.63) is 47.7 Å². The zero-order valence-corrected chi connectivity index (χ0v) is 12.1. The van der Waals surface area contributed by atoms with Crippen molar-refractivity contribution in [3.63, 3.8) is 0 Å². The summed E-state index contributed by atoms with van der Waals surface area (Å²) in [6, 6.07) is 10.3. The van der Waals surface area contributed by atoms with Crippen molar-refractivity contribution in [2.75, 3.05) is 7.11 Å². The van der Waals surface area contributed by atoms with E-state index in [1.165, 1.54) is 5.56 Å². The van der Waals surface area contributed by atoms with Gasteiger partial charge in [0.05, 0.1) is 7.11 Å². The van der Waals surface area contributed by atoms with Gasteiger partial charge in [-0.05, 0) is 12.5 Å². The van der Waals surface area contributed by atoms with Crippen LogP contribution in [0.4, 0.5) is 0 Å². The van der Waals surface area contributed by atoms with Crippen LogP contribution < -0.4 is 4.74 Å². The van der Waals surface area contributed by atoms with Gasteiger partial charge in [0.2, 0.25) is 11.0 Å². The zero-order valence-electron chi connectivity index (χ0n) is 11.3. The summed E-state index contributed by atoms with van der Waals surface area (Å²) in [7, 11) is 1.60. The normalized spacial score (nSPS) is 10.9. The lowest BCUT2D eigenvalue weighted by Gasteiger charge is -2.01. The number of benzene rings is 1. The minimum atomic E-state index is 0.558. The third kappa shape index (κ3) is 2.60. The maximum atomic E-state index is 5.19. The van der Waals surface area contributed by atoms with Crippen LogP contribution in [0.5, 0.6) is 5.88 Å². The van der Waals surface area contributed by atoms with E-state index in [0.29, 0.717) is 16.8 Å². The van der Waals surface area contributed by atoms with Crippen molar-refractivity contribution in [2.24, 2.45) is 0 Å². The molecule has 0 aliphatic rings. The number of hydrogen-bond donors (Lipinski definition) is 0. The van der Waals surface area contributed by atoms with Crippen LogP contribution in [0.3, 0.4) is 0 Å². The van der Waals surface area contributed by atoms with Crippen LogP contribution in [-0.4, -0.2) is 26.7 Å². The number of methoxy groups -OCH3 is 1. The average molecular weight is 286 g/mol. The number of rotatable bonds is 4. The molecule has 0 radical (unpaired) electrons. The zero-order chi connectivity index (χ0) is 13.9. The van der Waals surface area contributed by atoms with E-state index in [9.17, 15) is 0 Å². The largest absolute Gasteiger partial charge is 0.481 e. The number of aromatic nitrogens is 4. The Morgan fingerprint density at radius 1 is 1.20 bits per heavy atom. The van der Waals surface area contributed by atoms with Crippen molar-refractivity contribution in [3.8, 4) is 5.88 Å². The molecule has 0 aliphatic heterocycles. The Bertz CT molecular complexity index is 727. The van der Waals surface area contributed by atoms with Crippen molar-refractivity contribution in [1.82, 2.24) is 19.6 Å². The molecule has 3 rings (SSSR count). The van der Waals surface area contributed by atoms with Crippen LogP contribution in [0.1, 0.15) is 11.1 Å². The monoisotopic (exact) mass is 286 g/mol. The van der Waals surface area contributed by atoms with Crippen LogP contribution in [0.2, 0.25) is 0 Å². The molecule has 0 fully saturated rings. The van der Waals surface area contributed by atoms with E-state index >= 15 is 0 Å². The van der Waals surface area contributed by atoms with Crippen LogP contribution in [-0.2, 0) is 5.75 Å². The minimum Gasteiger partial charge on any atom is -0.481 e. The fraction of sp³-hybridized carbons (Fsp3) is 0.214. The molecule has 2 heterocycles. The van der Waals surface area contributed by atoms with Crippen molar-refractivity contribution in [1.29, 1.82) is 0 Å². The average Bonchev–Trinajstić information content (AvgIpc) is 2.87. The molecule has 0 saturated carbocycles. The predicted octanol–water partition coefficient (Wildman–Crippen LogP) is 2.73. The van der Waals surface area contributed by atoms with E-state index in [0.717, 1.165) is 11.3 Å². The summed E-state index contributed by atoms with van der Waals surface area (Å²) in [6.07, 6.45) is 1.88. The Kier molecular flexibility index (Phi) is 3.56. The third-order valence-corrected chi connectivity index (χ3v) is 3.76. The number of nitrogens with zero attached hydrogens (tertiary/aromatic N) is 4. The van der Waals surface area contributed by atoms with Gasteiger partial charge in [-0.3, -0.25) is 0 Å². The second-order valence-electron chi connectivity index (χ2n) is 4.35. The van der Waals surface area contributed by atoms with E-state index in [4.69, 9.17) is 4.74 Å². The molecule has 5 nitrogen and oxygen atoms in total. The molecular formula is C14H14N4OS. The first-order valence-electron chi connectivity index (χ1n) is 6.21. The fourth-order valence-electron chi connectivity index (χ4n) is 1.87. The first kappa shape index (κ1) is 12.9. The number of aryl methyl sites for hydroxylation is 1. The number of thioether (sulfide) groups is 1. The van der Waals surface area contributed by atoms with Gasteiger partial charge in [-0.2, -0.15) is 9.97 Å². The maximum Gasteiger partial charge on any atom is 0.256 e. The standard InChI is InChI=1S/C14H14N4OS/c1-10-8-18-13(15-12(10)19-2)16-14(17-18)20-9-11-6-4-3-5-7-11/h3-8H,9H2,1-2H3. The summed E-state index contributed by atoms with van der Waals surface area (Å²) in [5.74, 6) is 1.99. The molecule has 2 aromatic heterocycles. The second kappa shape index (κ2) is 5.50. The summed E-state index contributed by atoms with van der Waals surface area (Å²) in [6.45, 7) is 1.93. The van der Waals surface area contributed by atoms with Gasteiger partial charge >= 0.3 is 0 Å². The SMILES string of the molecule is COc1nc2nc(SCc3ccccc3)nn2cc1C. The number of hydrogen-bond acceptors (Lipinski definition) is 5. The van der Waals surface area contributed by atoms with Gasteiger partial charge in [0.1, 0.15) is 0 Å². The fourth-order valence-corrected chi connectivity index (χ4v) is 2.65. The topological polar surface area (TPSA) is 52.3 Å². The summed E-state index contributed by atoms with van der Waals surface area (Å²) >= 11 is 1.59. The molecule has 20 heavy (non-hydrogen) atoms. The van der Waals surface area contributed by atoms with E-state index in [1.807, 2.05) is 31.3 Å². The lowest BCUT2D eigenvalue weighted by molar-refractivity contribution is 0.394. The van der Waals surface area contributed by atoms with E-state index < -0.39 is 0 Å². The van der Waals surface area contributed by atoms with Crippen LogP contribution in [0, 0.1) is 6.92 Å². The molecule has 0 bridgehead atoms. The predicted molar refractivity (Wildman–Crippen MR) is 78.1 cm³/mol. The molecular weight excluding hydrogens is 272 g/mol. The molecule has 6 heteroatoms. The Balaban J connectivity index is 1.82. The molecule has 0 atom stereocenters. The molecule has 3 aromatic rings. The molecule has 0 spiro atoms. The van der Waals surface area contributed by atoms with Gasteiger partial charge in [-0.15, -0.1) is 5.10 Å². The van der Waals surface area contributed by atoms with Crippen LogP contribution in [0.25, 0.3) is 5.78 Å².